The first-order valence-electron chi connectivity index (χ1n) is 18.8. The van der Waals surface area contributed by atoms with Crippen molar-refractivity contribution in [1.29, 1.82) is 0 Å². The third-order valence-corrected chi connectivity index (χ3v) is 10.8. The molecule has 0 fully saturated rings. The lowest BCUT2D eigenvalue weighted by atomic mass is 9.94. The lowest BCUT2D eigenvalue weighted by Crippen LogP contribution is -2.03. The molecule has 0 bridgehead atoms. The highest BCUT2D eigenvalue weighted by atomic mass is 15.0. The molecule has 6 heteroatoms. The average Bonchev–Trinajstić information content (AvgIpc) is 3.72. The minimum Gasteiger partial charge on any atom is -0.309 e. The van der Waals surface area contributed by atoms with E-state index in [0.29, 0.717) is 23.2 Å². The van der Waals surface area contributed by atoms with Crippen molar-refractivity contribution < 1.29 is 0 Å². The Balaban J connectivity index is 1.36. The van der Waals surface area contributed by atoms with E-state index < -0.39 is 0 Å². The Hall–Kier alpha value is -7.36. The van der Waals surface area contributed by atoms with Crippen molar-refractivity contribution in [3.63, 3.8) is 0 Å². The second-order valence-electron chi connectivity index (χ2n) is 14.6. The van der Waals surface area contributed by atoms with Crippen LogP contribution in [0.5, 0.6) is 0 Å². The molecule has 3 heterocycles. The van der Waals surface area contributed by atoms with Crippen LogP contribution in [0.1, 0.15) is 22.8 Å². The number of aromatic nitrogens is 5. The Labute approximate surface area is 324 Å². The van der Waals surface area contributed by atoms with Gasteiger partial charge in [-0.1, -0.05) is 83.9 Å². The molecule has 266 valence electrons. The molecule has 7 aromatic carbocycles. The van der Waals surface area contributed by atoms with Crippen LogP contribution in [-0.4, -0.2) is 24.1 Å². The van der Waals surface area contributed by atoms with Gasteiger partial charge in [-0.05, 0) is 112 Å². The van der Waals surface area contributed by atoms with Crippen LogP contribution in [0.3, 0.4) is 0 Å². The van der Waals surface area contributed by atoms with Crippen molar-refractivity contribution >= 4 is 49.3 Å². The van der Waals surface area contributed by atoms with Crippen LogP contribution in [0, 0.1) is 34.3 Å². The summed E-state index contributed by atoms with van der Waals surface area (Å²) >= 11 is 0. The topological polar surface area (TPSA) is 52.9 Å². The second-order valence-corrected chi connectivity index (χ2v) is 14.6. The van der Waals surface area contributed by atoms with Crippen LogP contribution in [0.4, 0.5) is 5.69 Å². The van der Waals surface area contributed by atoms with Gasteiger partial charge in [0.1, 0.15) is 11.6 Å². The summed E-state index contributed by atoms with van der Waals surface area (Å²) in [5.74, 6) is 1.99. The fraction of sp³-hybridized carbons (Fsp3) is 0.0800. The van der Waals surface area contributed by atoms with Crippen LogP contribution in [0.15, 0.2) is 146 Å². The number of aryl methyl sites for hydroxylation is 4. The van der Waals surface area contributed by atoms with Crippen molar-refractivity contribution in [3.05, 3.63) is 180 Å². The molecular formula is C50H36N6. The predicted octanol–water partition coefficient (Wildman–Crippen LogP) is 12.9. The minimum absolute atomic E-state index is 0.606. The number of hydrogen-bond acceptors (Lipinski definition) is 3. The Morgan fingerprint density at radius 1 is 0.429 bits per heavy atom. The largest absolute Gasteiger partial charge is 0.309 e. The molecule has 0 saturated heterocycles. The monoisotopic (exact) mass is 720 g/mol. The maximum absolute atomic E-state index is 7.77. The molecule has 6 nitrogen and oxygen atoms in total. The fourth-order valence-corrected chi connectivity index (χ4v) is 8.40. The van der Waals surface area contributed by atoms with Gasteiger partial charge >= 0.3 is 0 Å². The summed E-state index contributed by atoms with van der Waals surface area (Å²) in [5, 5.41) is 4.83. The van der Waals surface area contributed by atoms with Crippen molar-refractivity contribution in [1.82, 2.24) is 24.1 Å². The van der Waals surface area contributed by atoms with Crippen molar-refractivity contribution in [2.75, 3.05) is 0 Å². The quantitative estimate of drug-likeness (QED) is 0.166. The molecule has 0 aliphatic rings. The van der Waals surface area contributed by atoms with E-state index in [2.05, 4.69) is 160 Å². The van der Waals surface area contributed by atoms with E-state index in [0.717, 1.165) is 61.3 Å². The smallest absolute Gasteiger partial charge is 0.187 e. The Morgan fingerprint density at radius 2 is 0.929 bits per heavy atom. The van der Waals surface area contributed by atoms with E-state index in [9.17, 15) is 0 Å². The van der Waals surface area contributed by atoms with Crippen LogP contribution in [0.25, 0.3) is 93.5 Å². The number of benzene rings is 7. The molecule has 3 aromatic heterocycles. The van der Waals surface area contributed by atoms with Crippen LogP contribution >= 0.6 is 0 Å². The highest BCUT2D eigenvalue weighted by Crippen LogP contribution is 2.43. The molecule has 0 radical (unpaired) electrons. The zero-order chi connectivity index (χ0) is 38.1. The highest BCUT2D eigenvalue weighted by Gasteiger charge is 2.22. The molecule has 0 aliphatic carbocycles. The summed E-state index contributed by atoms with van der Waals surface area (Å²) in [6, 6.07) is 51.9. The summed E-state index contributed by atoms with van der Waals surface area (Å²) < 4.78 is 4.81. The number of fused-ring (bicyclic) bond motifs is 6. The molecule has 0 aliphatic heterocycles. The molecule has 0 saturated carbocycles. The lowest BCUT2D eigenvalue weighted by Gasteiger charge is -2.21. The SMILES string of the molecule is [C-]#[N+]c1cccc(-c2ccc(-n3c4ccccc4c4cc(C)ccc43)c(-c3cc(-c4nc(C)nc(C)n4)ccc3-n3c4ccccc4c4cc(C)ccc43)c2)c1. The molecule has 0 spiro atoms. The standard InChI is InChI=1S/C50H36N6/c1-30-17-21-46-40(25-30)38-13-6-8-15-44(38)55(46)48-23-19-35(34-11-10-12-37(27-34)51-5)28-42(48)43-29-36(50-53-32(3)52-33(4)54-50)20-24-49(43)56-45-16-9-7-14-39(45)41-26-31(2)18-22-47(41)56/h6-29H,1-4H3. The van der Waals surface area contributed by atoms with Gasteiger partial charge in [-0.25, -0.2) is 19.8 Å². The molecular weight excluding hydrogens is 685 g/mol. The van der Waals surface area contributed by atoms with Gasteiger partial charge in [-0.15, -0.1) is 0 Å². The first-order chi connectivity index (χ1) is 27.3. The molecule has 56 heavy (non-hydrogen) atoms. The first-order valence-corrected chi connectivity index (χ1v) is 18.8. The van der Waals surface area contributed by atoms with E-state index in [4.69, 9.17) is 16.5 Å². The molecule has 10 aromatic rings. The van der Waals surface area contributed by atoms with Gasteiger partial charge in [0, 0.05) is 38.2 Å². The van der Waals surface area contributed by atoms with Crippen molar-refractivity contribution in [3.8, 4) is 45.0 Å². The van der Waals surface area contributed by atoms with Crippen molar-refractivity contribution in [2.24, 2.45) is 0 Å². The van der Waals surface area contributed by atoms with Gasteiger partial charge < -0.3 is 9.13 Å². The minimum atomic E-state index is 0.606. The summed E-state index contributed by atoms with van der Waals surface area (Å²) in [5.41, 5.74) is 14.6. The lowest BCUT2D eigenvalue weighted by molar-refractivity contribution is 0.928. The summed E-state index contributed by atoms with van der Waals surface area (Å²) in [7, 11) is 0. The number of rotatable bonds is 5. The zero-order valence-corrected chi connectivity index (χ0v) is 31.5. The Morgan fingerprint density at radius 3 is 1.50 bits per heavy atom. The summed E-state index contributed by atoms with van der Waals surface area (Å²) in [6.07, 6.45) is 0. The first kappa shape index (κ1) is 33.2. The molecule has 0 atom stereocenters. The van der Waals surface area contributed by atoms with Gasteiger partial charge in [0.2, 0.25) is 0 Å². The fourth-order valence-electron chi connectivity index (χ4n) is 8.40. The Bertz CT molecular complexity index is 3250. The van der Waals surface area contributed by atoms with Gasteiger partial charge in [-0.3, -0.25) is 0 Å². The van der Waals surface area contributed by atoms with Gasteiger partial charge in [-0.2, -0.15) is 0 Å². The summed E-state index contributed by atoms with van der Waals surface area (Å²) in [4.78, 5) is 17.9. The van der Waals surface area contributed by atoms with E-state index in [-0.39, 0.29) is 0 Å². The number of hydrogen-bond donors (Lipinski definition) is 0. The van der Waals surface area contributed by atoms with E-state index in [1.165, 1.54) is 32.7 Å². The van der Waals surface area contributed by atoms with Crippen molar-refractivity contribution in [2.45, 2.75) is 27.7 Å². The maximum atomic E-state index is 7.77. The average molecular weight is 721 g/mol. The van der Waals surface area contributed by atoms with E-state index >= 15 is 0 Å². The zero-order valence-electron chi connectivity index (χ0n) is 31.5. The van der Waals surface area contributed by atoms with Crippen LogP contribution in [0.2, 0.25) is 0 Å². The number of nitrogens with zero attached hydrogens (tertiary/aromatic N) is 6. The highest BCUT2D eigenvalue weighted by molar-refractivity contribution is 6.12. The van der Waals surface area contributed by atoms with Gasteiger partial charge in [0.05, 0.1) is 40.0 Å². The van der Waals surface area contributed by atoms with E-state index in [1.807, 2.05) is 32.0 Å². The number of para-hydroxylation sites is 2. The van der Waals surface area contributed by atoms with Gasteiger partial charge in [0.15, 0.2) is 11.5 Å². The third kappa shape index (κ3) is 5.36. The summed E-state index contributed by atoms with van der Waals surface area (Å²) in [6.45, 7) is 15.9. The molecule has 0 N–H and O–H groups in total. The molecule has 0 amide bonds. The van der Waals surface area contributed by atoms with Gasteiger partial charge in [0.25, 0.3) is 0 Å². The van der Waals surface area contributed by atoms with Crippen LogP contribution in [-0.2, 0) is 0 Å². The normalized spacial score (nSPS) is 11.6. The van der Waals surface area contributed by atoms with Crippen LogP contribution < -0.4 is 0 Å². The molecule has 0 unspecified atom stereocenters. The molecule has 10 rings (SSSR count). The third-order valence-electron chi connectivity index (χ3n) is 10.8. The maximum Gasteiger partial charge on any atom is 0.187 e. The predicted molar refractivity (Wildman–Crippen MR) is 230 cm³/mol. The Kier molecular flexibility index (Phi) is 7.65. The van der Waals surface area contributed by atoms with E-state index in [1.54, 1.807) is 0 Å². The second kappa shape index (κ2) is 12.9.